The Morgan fingerprint density at radius 3 is 2.53 bits per heavy atom. The second kappa shape index (κ2) is 4.00. The molecule has 0 spiro atoms. The lowest BCUT2D eigenvalue weighted by atomic mass is 10.4. The van der Waals surface area contributed by atoms with Gasteiger partial charge < -0.3 is 0 Å². The summed E-state index contributed by atoms with van der Waals surface area (Å²) in [7, 11) is -3.73. The van der Waals surface area contributed by atoms with Crippen LogP contribution in [0.15, 0.2) is 4.90 Å². The van der Waals surface area contributed by atoms with Crippen LogP contribution in [0.5, 0.6) is 0 Å². The molecule has 0 radical (unpaired) electrons. The number of aromatic nitrogens is 2. The van der Waals surface area contributed by atoms with E-state index in [1.165, 1.54) is 4.68 Å². The number of nitrogens with zero attached hydrogens (tertiary/aromatic N) is 3. The van der Waals surface area contributed by atoms with Crippen molar-refractivity contribution in [2.75, 3.05) is 0 Å². The molecule has 7 heteroatoms. The fourth-order valence-electron chi connectivity index (χ4n) is 1.47. The summed E-state index contributed by atoms with van der Waals surface area (Å²) in [4.78, 5) is 0.0560. The van der Waals surface area contributed by atoms with Crippen LogP contribution in [0, 0.1) is 25.2 Å². The standard InChI is InChI=1S/C8H12N4O2S/c1-6-8(15(10,13)14)7(2)12(11-6)5-3-4-9/h3,5H2,1-2H3,(H2,10,13,14). The zero-order valence-electron chi connectivity index (χ0n) is 8.56. The van der Waals surface area contributed by atoms with E-state index in [4.69, 9.17) is 10.4 Å². The van der Waals surface area contributed by atoms with Crippen LogP contribution in [0.3, 0.4) is 0 Å². The van der Waals surface area contributed by atoms with Crippen LogP contribution in [0.1, 0.15) is 17.8 Å². The molecule has 6 nitrogen and oxygen atoms in total. The maximum Gasteiger partial charge on any atom is 0.241 e. The van der Waals surface area contributed by atoms with Gasteiger partial charge in [-0.1, -0.05) is 0 Å². The van der Waals surface area contributed by atoms with E-state index in [2.05, 4.69) is 5.10 Å². The third-order valence-electron chi connectivity index (χ3n) is 2.04. The van der Waals surface area contributed by atoms with Crippen molar-refractivity contribution in [1.29, 1.82) is 5.26 Å². The van der Waals surface area contributed by atoms with Gasteiger partial charge in [-0.3, -0.25) is 4.68 Å². The zero-order chi connectivity index (χ0) is 11.6. The summed E-state index contributed by atoms with van der Waals surface area (Å²) in [6.07, 6.45) is 0.284. The predicted octanol–water partition coefficient (Wildman–Crippen LogP) is 0.0610. The fraction of sp³-hybridized carbons (Fsp3) is 0.500. The third-order valence-corrected chi connectivity index (χ3v) is 3.19. The third kappa shape index (κ3) is 2.34. The minimum atomic E-state index is -3.73. The molecule has 0 atom stereocenters. The first-order valence-corrected chi connectivity index (χ1v) is 5.86. The van der Waals surface area contributed by atoms with Crippen molar-refractivity contribution in [3.8, 4) is 6.07 Å². The molecule has 0 saturated heterocycles. The van der Waals surface area contributed by atoms with E-state index in [0.717, 1.165) is 0 Å². The summed E-state index contributed by atoms with van der Waals surface area (Å²) < 4.78 is 23.9. The average Bonchev–Trinajstić information content (AvgIpc) is 2.36. The Bertz CT molecular complexity index is 509. The second-order valence-electron chi connectivity index (χ2n) is 3.18. The minimum absolute atomic E-state index is 0.0560. The van der Waals surface area contributed by atoms with Gasteiger partial charge in [0.2, 0.25) is 10.0 Å². The molecule has 0 amide bonds. The maximum absolute atomic E-state index is 11.2. The molecule has 0 aliphatic heterocycles. The highest BCUT2D eigenvalue weighted by Crippen LogP contribution is 2.17. The Balaban J connectivity index is 3.23. The molecule has 0 unspecified atom stereocenters. The summed E-state index contributed by atoms with van der Waals surface area (Å²) in [6.45, 7) is 3.57. The van der Waals surface area contributed by atoms with Crippen molar-refractivity contribution >= 4 is 10.0 Å². The summed E-state index contributed by atoms with van der Waals surface area (Å²) in [5.74, 6) is 0. The Morgan fingerprint density at radius 1 is 1.53 bits per heavy atom. The normalized spacial score (nSPS) is 11.3. The van der Waals surface area contributed by atoms with Crippen molar-refractivity contribution in [3.63, 3.8) is 0 Å². The lowest BCUT2D eigenvalue weighted by Crippen LogP contribution is -2.14. The van der Waals surface area contributed by atoms with Gasteiger partial charge in [0.1, 0.15) is 4.90 Å². The van der Waals surface area contributed by atoms with Crippen molar-refractivity contribution in [2.24, 2.45) is 5.14 Å². The maximum atomic E-state index is 11.2. The molecule has 1 rings (SSSR count). The summed E-state index contributed by atoms with van der Waals surface area (Å²) >= 11 is 0. The molecule has 82 valence electrons. The van der Waals surface area contributed by atoms with E-state index < -0.39 is 10.0 Å². The molecule has 0 aromatic carbocycles. The van der Waals surface area contributed by atoms with E-state index in [-0.39, 0.29) is 11.3 Å². The molecule has 1 aromatic heterocycles. The molecular formula is C8H12N4O2S. The first kappa shape index (κ1) is 11.7. The molecule has 1 aromatic rings. The van der Waals surface area contributed by atoms with E-state index in [1.807, 2.05) is 6.07 Å². The summed E-state index contributed by atoms with van der Waals surface area (Å²) in [5, 5.41) is 17.5. The molecule has 0 saturated carbocycles. The molecule has 0 fully saturated rings. The second-order valence-corrected chi connectivity index (χ2v) is 4.67. The van der Waals surface area contributed by atoms with Gasteiger partial charge in [-0.25, -0.2) is 13.6 Å². The van der Waals surface area contributed by atoms with Crippen LogP contribution in [-0.4, -0.2) is 18.2 Å². The number of primary sulfonamides is 1. The number of sulfonamides is 1. The van der Waals surface area contributed by atoms with E-state index in [0.29, 0.717) is 17.9 Å². The van der Waals surface area contributed by atoms with Gasteiger partial charge in [0.25, 0.3) is 0 Å². The van der Waals surface area contributed by atoms with E-state index in [1.54, 1.807) is 13.8 Å². The number of rotatable bonds is 3. The SMILES string of the molecule is Cc1nn(CCC#N)c(C)c1S(N)(=O)=O. The van der Waals surface area contributed by atoms with E-state index in [9.17, 15) is 8.42 Å². The van der Waals surface area contributed by atoms with Gasteiger partial charge in [0, 0.05) is 0 Å². The fourth-order valence-corrected chi connectivity index (χ4v) is 2.44. The van der Waals surface area contributed by atoms with Gasteiger partial charge in [0.05, 0.1) is 30.4 Å². The molecule has 0 bridgehead atoms. The van der Waals surface area contributed by atoms with Gasteiger partial charge in [-0.05, 0) is 13.8 Å². The van der Waals surface area contributed by atoms with Crippen LogP contribution in [0.4, 0.5) is 0 Å². The Kier molecular flexibility index (Phi) is 3.12. The zero-order valence-corrected chi connectivity index (χ0v) is 9.37. The topological polar surface area (TPSA) is 102 Å². The molecule has 15 heavy (non-hydrogen) atoms. The quantitative estimate of drug-likeness (QED) is 0.790. The van der Waals surface area contributed by atoms with Gasteiger partial charge in [-0.15, -0.1) is 0 Å². The Labute approximate surface area is 88.4 Å². The van der Waals surface area contributed by atoms with Gasteiger partial charge in [0.15, 0.2) is 0 Å². The van der Waals surface area contributed by atoms with Crippen LogP contribution in [0.25, 0.3) is 0 Å². The predicted molar refractivity (Wildman–Crippen MR) is 53.3 cm³/mol. The minimum Gasteiger partial charge on any atom is -0.267 e. The van der Waals surface area contributed by atoms with Crippen molar-refractivity contribution in [2.45, 2.75) is 31.7 Å². The van der Waals surface area contributed by atoms with Gasteiger partial charge >= 0.3 is 0 Å². The van der Waals surface area contributed by atoms with E-state index >= 15 is 0 Å². The largest absolute Gasteiger partial charge is 0.267 e. The molecule has 2 N–H and O–H groups in total. The number of hydrogen-bond donors (Lipinski definition) is 1. The average molecular weight is 228 g/mol. The first-order chi connectivity index (χ1) is 6.88. The first-order valence-electron chi connectivity index (χ1n) is 4.31. The summed E-state index contributed by atoms with van der Waals surface area (Å²) in [6, 6.07) is 1.97. The highest BCUT2D eigenvalue weighted by molar-refractivity contribution is 7.89. The lowest BCUT2D eigenvalue weighted by molar-refractivity contribution is 0.591. The Morgan fingerprint density at radius 2 is 2.13 bits per heavy atom. The molecule has 0 aliphatic rings. The van der Waals surface area contributed by atoms with Crippen molar-refractivity contribution < 1.29 is 8.42 Å². The highest BCUT2D eigenvalue weighted by Gasteiger charge is 2.20. The lowest BCUT2D eigenvalue weighted by Gasteiger charge is -2.00. The van der Waals surface area contributed by atoms with Crippen molar-refractivity contribution in [3.05, 3.63) is 11.4 Å². The molecule has 0 aliphatic carbocycles. The van der Waals surface area contributed by atoms with Crippen LogP contribution in [-0.2, 0) is 16.6 Å². The van der Waals surface area contributed by atoms with Crippen LogP contribution >= 0.6 is 0 Å². The number of hydrogen-bond acceptors (Lipinski definition) is 4. The van der Waals surface area contributed by atoms with Gasteiger partial charge in [-0.2, -0.15) is 10.4 Å². The Hall–Kier alpha value is -1.39. The van der Waals surface area contributed by atoms with Crippen molar-refractivity contribution in [1.82, 2.24) is 9.78 Å². The smallest absolute Gasteiger partial charge is 0.241 e. The van der Waals surface area contributed by atoms with Crippen LogP contribution in [0.2, 0.25) is 0 Å². The molecule has 1 heterocycles. The highest BCUT2D eigenvalue weighted by atomic mass is 32.2. The number of aryl methyl sites for hydroxylation is 2. The monoisotopic (exact) mass is 228 g/mol. The number of nitrogens with two attached hydrogens (primary N) is 1. The molecular weight excluding hydrogens is 216 g/mol. The van der Waals surface area contributed by atoms with Crippen LogP contribution < -0.4 is 5.14 Å². The summed E-state index contributed by atoms with van der Waals surface area (Å²) in [5.41, 5.74) is 0.846. The number of nitriles is 1.